The maximum Gasteiger partial charge on any atom is 0.0672 e. The van der Waals surface area contributed by atoms with E-state index >= 15 is 0 Å². The Labute approximate surface area is 73.4 Å². The van der Waals surface area contributed by atoms with E-state index in [0.717, 1.165) is 32.2 Å². The van der Waals surface area contributed by atoms with Gasteiger partial charge in [-0.2, -0.15) is 5.26 Å². The second-order valence-corrected chi connectivity index (χ2v) is 3.30. The van der Waals surface area contributed by atoms with Gasteiger partial charge < -0.3 is 10.4 Å². The predicted molar refractivity (Wildman–Crippen MR) is 46.4 cm³/mol. The largest absolute Gasteiger partial charge is 0.396 e. The van der Waals surface area contributed by atoms with Gasteiger partial charge in [-0.05, 0) is 25.8 Å². The topological polar surface area (TPSA) is 56.0 Å². The minimum Gasteiger partial charge on any atom is -0.396 e. The van der Waals surface area contributed by atoms with E-state index in [0.29, 0.717) is 6.04 Å². The second-order valence-electron chi connectivity index (χ2n) is 3.30. The van der Waals surface area contributed by atoms with Gasteiger partial charge in [0.05, 0.1) is 12.0 Å². The minimum atomic E-state index is 0.198. The van der Waals surface area contributed by atoms with Crippen molar-refractivity contribution in [2.45, 2.75) is 31.7 Å². The third kappa shape index (κ3) is 2.47. The number of aliphatic hydroxyl groups is 1. The summed E-state index contributed by atoms with van der Waals surface area (Å²) in [5, 5.41) is 20.6. The highest BCUT2D eigenvalue weighted by molar-refractivity contribution is 4.96. The molecule has 0 aromatic rings. The smallest absolute Gasteiger partial charge is 0.0672 e. The van der Waals surface area contributed by atoms with Crippen LogP contribution in [0.1, 0.15) is 25.7 Å². The lowest BCUT2D eigenvalue weighted by molar-refractivity contribution is 0.281. The quantitative estimate of drug-likeness (QED) is 0.606. The number of hydrogen-bond donors (Lipinski definition) is 2. The molecule has 1 aliphatic rings. The van der Waals surface area contributed by atoms with Crippen LogP contribution in [0.5, 0.6) is 0 Å². The summed E-state index contributed by atoms with van der Waals surface area (Å²) in [4.78, 5) is 0. The molecule has 3 nitrogen and oxygen atoms in total. The van der Waals surface area contributed by atoms with Crippen molar-refractivity contribution in [1.29, 1.82) is 5.26 Å². The monoisotopic (exact) mass is 168 g/mol. The Morgan fingerprint density at radius 2 is 2.33 bits per heavy atom. The summed E-state index contributed by atoms with van der Waals surface area (Å²) in [5.74, 6) is 0.198. The van der Waals surface area contributed by atoms with Crippen molar-refractivity contribution in [3.63, 3.8) is 0 Å². The Morgan fingerprint density at radius 3 is 3.00 bits per heavy atom. The summed E-state index contributed by atoms with van der Waals surface area (Å²) in [7, 11) is 0. The van der Waals surface area contributed by atoms with Gasteiger partial charge in [-0.15, -0.1) is 0 Å². The number of nitrogens with zero attached hydrogens (tertiary/aromatic N) is 1. The Morgan fingerprint density at radius 1 is 1.50 bits per heavy atom. The normalized spacial score (nSPS) is 28.7. The zero-order chi connectivity index (χ0) is 8.81. The van der Waals surface area contributed by atoms with E-state index in [1.807, 2.05) is 0 Å². The van der Waals surface area contributed by atoms with Gasteiger partial charge in [0.2, 0.25) is 0 Å². The fourth-order valence-corrected chi connectivity index (χ4v) is 1.73. The Hall–Kier alpha value is -0.590. The standard InChI is InChI=1S/C9H16N2O/c10-7-8-3-1-4-9(8)11-5-2-6-12/h8-9,11-12H,1-6H2. The lowest BCUT2D eigenvalue weighted by Crippen LogP contribution is -2.32. The molecule has 0 saturated heterocycles. The summed E-state index contributed by atoms with van der Waals surface area (Å²) >= 11 is 0. The lowest BCUT2D eigenvalue weighted by Gasteiger charge is -2.14. The van der Waals surface area contributed by atoms with Crippen LogP contribution in [0.4, 0.5) is 0 Å². The molecule has 0 aromatic carbocycles. The van der Waals surface area contributed by atoms with Crippen LogP contribution < -0.4 is 5.32 Å². The van der Waals surface area contributed by atoms with Crippen molar-refractivity contribution in [2.75, 3.05) is 13.2 Å². The molecule has 2 atom stereocenters. The highest BCUT2D eigenvalue weighted by atomic mass is 16.3. The molecular formula is C9H16N2O. The number of rotatable bonds is 4. The van der Waals surface area contributed by atoms with Crippen molar-refractivity contribution < 1.29 is 5.11 Å². The molecule has 0 aromatic heterocycles. The SMILES string of the molecule is N#CC1CCCC1NCCCO. The number of nitriles is 1. The van der Waals surface area contributed by atoms with Crippen LogP contribution >= 0.6 is 0 Å². The first-order valence-corrected chi connectivity index (χ1v) is 4.62. The van der Waals surface area contributed by atoms with Gasteiger partial charge in [0.1, 0.15) is 0 Å². The maximum atomic E-state index is 8.75. The summed E-state index contributed by atoms with van der Waals surface area (Å²) in [6.07, 6.45) is 4.10. The molecule has 1 saturated carbocycles. The molecule has 2 N–H and O–H groups in total. The first kappa shape index (κ1) is 9.50. The predicted octanol–water partition coefficient (Wildman–Crippen LogP) is 0.651. The number of hydrogen-bond acceptors (Lipinski definition) is 3. The molecule has 0 bridgehead atoms. The highest BCUT2D eigenvalue weighted by Gasteiger charge is 2.25. The van der Waals surface area contributed by atoms with Gasteiger partial charge in [0.15, 0.2) is 0 Å². The average molecular weight is 168 g/mol. The third-order valence-electron chi connectivity index (χ3n) is 2.42. The van der Waals surface area contributed by atoms with Gasteiger partial charge in [0, 0.05) is 12.6 Å². The van der Waals surface area contributed by atoms with E-state index in [9.17, 15) is 0 Å². The summed E-state index contributed by atoms with van der Waals surface area (Å²) in [5.41, 5.74) is 0. The van der Waals surface area contributed by atoms with Gasteiger partial charge >= 0.3 is 0 Å². The molecule has 1 fully saturated rings. The van der Waals surface area contributed by atoms with E-state index in [2.05, 4.69) is 11.4 Å². The van der Waals surface area contributed by atoms with Gasteiger partial charge in [-0.1, -0.05) is 6.42 Å². The van der Waals surface area contributed by atoms with Crippen LogP contribution in [-0.4, -0.2) is 24.3 Å². The average Bonchev–Trinajstić information content (AvgIpc) is 2.52. The maximum absolute atomic E-state index is 8.75. The third-order valence-corrected chi connectivity index (χ3v) is 2.42. The van der Waals surface area contributed by atoms with Gasteiger partial charge in [0.25, 0.3) is 0 Å². The Bertz CT molecular complexity index is 164. The Balaban J connectivity index is 2.18. The van der Waals surface area contributed by atoms with Crippen molar-refractivity contribution in [3.8, 4) is 6.07 Å². The molecular weight excluding hydrogens is 152 g/mol. The van der Waals surface area contributed by atoms with E-state index in [-0.39, 0.29) is 12.5 Å². The second kappa shape index (κ2) is 5.13. The zero-order valence-corrected chi connectivity index (χ0v) is 7.29. The number of aliphatic hydroxyl groups excluding tert-OH is 1. The van der Waals surface area contributed by atoms with Crippen LogP contribution in [0.3, 0.4) is 0 Å². The van der Waals surface area contributed by atoms with Crippen LogP contribution in [-0.2, 0) is 0 Å². The van der Waals surface area contributed by atoms with Gasteiger partial charge in [-0.25, -0.2) is 0 Å². The van der Waals surface area contributed by atoms with E-state index in [1.54, 1.807) is 0 Å². The molecule has 1 rings (SSSR count). The van der Waals surface area contributed by atoms with Crippen LogP contribution in [0, 0.1) is 17.2 Å². The molecule has 2 unspecified atom stereocenters. The van der Waals surface area contributed by atoms with Crippen LogP contribution in [0.2, 0.25) is 0 Å². The number of nitrogens with one attached hydrogen (secondary N) is 1. The molecule has 68 valence electrons. The first-order valence-electron chi connectivity index (χ1n) is 4.62. The van der Waals surface area contributed by atoms with E-state index < -0.39 is 0 Å². The molecule has 1 aliphatic carbocycles. The van der Waals surface area contributed by atoms with Crippen LogP contribution in [0.25, 0.3) is 0 Å². The van der Waals surface area contributed by atoms with Crippen molar-refractivity contribution in [1.82, 2.24) is 5.32 Å². The zero-order valence-electron chi connectivity index (χ0n) is 7.29. The molecule has 3 heteroatoms. The van der Waals surface area contributed by atoms with E-state index in [4.69, 9.17) is 10.4 Å². The molecule has 0 spiro atoms. The Kier molecular flexibility index (Phi) is 4.06. The van der Waals surface area contributed by atoms with Crippen LogP contribution in [0.15, 0.2) is 0 Å². The summed E-state index contributed by atoms with van der Waals surface area (Å²) < 4.78 is 0. The molecule has 0 aliphatic heterocycles. The molecule has 12 heavy (non-hydrogen) atoms. The van der Waals surface area contributed by atoms with Crippen molar-refractivity contribution in [2.24, 2.45) is 5.92 Å². The van der Waals surface area contributed by atoms with Crippen molar-refractivity contribution in [3.05, 3.63) is 0 Å². The van der Waals surface area contributed by atoms with Gasteiger partial charge in [-0.3, -0.25) is 0 Å². The minimum absolute atomic E-state index is 0.198. The fourth-order valence-electron chi connectivity index (χ4n) is 1.73. The first-order chi connectivity index (χ1) is 5.88. The van der Waals surface area contributed by atoms with Crippen molar-refractivity contribution >= 4 is 0 Å². The lowest BCUT2D eigenvalue weighted by atomic mass is 10.1. The highest BCUT2D eigenvalue weighted by Crippen LogP contribution is 2.24. The molecule has 0 amide bonds. The summed E-state index contributed by atoms with van der Waals surface area (Å²) in [6.45, 7) is 1.07. The summed E-state index contributed by atoms with van der Waals surface area (Å²) in [6, 6.07) is 2.69. The molecule has 0 radical (unpaired) electrons. The fraction of sp³-hybridized carbons (Fsp3) is 0.889. The molecule has 0 heterocycles. The van der Waals surface area contributed by atoms with E-state index in [1.165, 1.54) is 0 Å².